The van der Waals surface area contributed by atoms with E-state index in [1.807, 2.05) is 30.3 Å². The zero-order valence-electron chi connectivity index (χ0n) is 8.83. The van der Waals surface area contributed by atoms with Crippen molar-refractivity contribution in [2.45, 2.75) is 0 Å². The van der Waals surface area contributed by atoms with Crippen molar-refractivity contribution >= 4 is 5.69 Å². The lowest BCUT2D eigenvalue weighted by atomic mass is 10.2. The topological polar surface area (TPSA) is 56.0 Å². The van der Waals surface area contributed by atoms with Gasteiger partial charge in [0.15, 0.2) is 0 Å². The van der Waals surface area contributed by atoms with Gasteiger partial charge < -0.3 is 0 Å². The maximum absolute atomic E-state index is 10.4. The van der Waals surface area contributed by atoms with E-state index >= 15 is 0 Å². The van der Waals surface area contributed by atoms with Gasteiger partial charge in [0, 0.05) is 11.6 Å². The molecule has 82 valence electrons. The zero-order valence-corrected chi connectivity index (χ0v) is 8.83. The van der Waals surface area contributed by atoms with Gasteiger partial charge in [-0.1, -0.05) is 24.1 Å². The van der Waals surface area contributed by atoms with E-state index in [0.717, 1.165) is 5.56 Å². The molecule has 0 saturated carbocycles. The summed E-state index contributed by atoms with van der Waals surface area (Å²) in [6, 6.07) is 12.4. The van der Waals surface area contributed by atoms with Crippen LogP contribution >= 0.6 is 0 Å². The summed E-state index contributed by atoms with van der Waals surface area (Å²) >= 11 is 0. The molecule has 0 fully saturated rings. The van der Waals surface area contributed by atoms with E-state index in [2.05, 4.69) is 16.8 Å². The van der Waals surface area contributed by atoms with Gasteiger partial charge in [0.05, 0.1) is 4.92 Å². The molecule has 4 nitrogen and oxygen atoms in total. The predicted molar refractivity (Wildman–Crippen MR) is 63.3 cm³/mol. The molecule has 0 amide bonds. The molecule has 17 heavy (non-hydrogen) atoms. The Morgan fingerprint density at radius 2 is 1.82 bits per heavy atom. The Kier molecular flexibility index (Phi) is 3.13. The summed E-state index contributed by atoms with van der Waals surface area (Å²) in [5.74, 6) is 5.77. The summed E-state index contributed by atoms with van der Waals surface area (Å²) in [5.41, 5.74) is 1.36. The molecule has 2 aromatic rings. The number of hydrogen-bond acceptors (Lipinski definition) is 3. The van der Waals surface area contributed by atoms with Crippen LogP contribution in [0.4, 0.5) is 5.69 Å². The quantitative estimate of drug-likeness (QED) is 0.424. The minimum atomic E-state index is -0.485. The fraction of sp³-hybridized carbons (Fsp3) is 0. The van der Waals surface area contributed by atoms with Crippen molar-refractivity contribution in [3.05, 3.63) is 70.0 Å². The number of nitro groups is 1. The SMILES string of the molecule is O=[N+]([O-])c1ccc(C#Cc2ccccc2)nc1. The molecular weight excluding hydrogens is 216 g/mol. The van der Waals surface area contributed by atoms with E-state index in [0.29, 0.717) is 5.69 Å². The van der Waals surface area contributed by atoms with E-state index in [1.165, 1.54) is 18.3 Å². The molecule has 0 bridgehead atoms. The molecule has 0 unspecified atom stereocenters. The van der Waals surface area contributed by atoms with Crippen LogP contribution in [0.25, 0.3) is 0 Å². The summed E-state index contributed by atoms with van der Waals surface area (Å²) < 4.78 is 0. The number of aromatic nitrogens is 1. The van der Waals surface area contributed by atoms with E-state index in [9.17, 15) is 10.1 Å². The Bertz CT molecular complexity index is 580. The highest BCUT2D eigenvalue weighted by Gasteiger charge is 2.03. The molecule has 0 aliphatic carbocycles. The second-order valence-corrected chi connectivity index (χ2v) is 3.27. The molecular formula is C13H8N2O2. The van der Waals surface area contributed by atoms with Crippen molar-refractivity contribution in [1.29, 1.82) is 0 Å². The largest absolute Gasteiger partial charge is 0.287 e. The Morgan fingerprint density at radius 1 is 1.06 bits per heavy atom. The number of hydrogen-bond donors (Lipinski definition) is 0. The van der Waals surface area contributed by atoms with Gasteiger partial charge >= 0.3 is 0 Å². The smallest absolute Gasteiger partial charge is 0.258 e. The molecule has 0 radical (unpaired) electrons. The molecule has 0 N–H and O–H groups in total. The van der Waals surface area contributed by atoms with Crippen LogP contribution in [0.1, 0.15) is 11.3 Å². The van der Waals surface area contributed by atoms with E-state index in [1.54, 1.807) is 0 Å². The summed E-state index contributed by atoms with van der Waals surface area (Å²) in [6.45, 7) is 0. The van der Waals surface area contributed by atoms with Crippen molar-refractivity contribution < 1.29 is 4.92 Å². The van der Waals surface area contributed by atoms with Gasteiger partial charge in [0.2, 0.25) is 0 Å². The minimum absolute atomic E-state index is 0.0322. The molecule has 1 aromatic heterocycles. The molecule has 4 heteroatoms. The van der Waals surface area contributed by atoms with Gasteiger partial charge in [-0.25, -0.2) is 4.98 Å². The van der Waals surface area contributed by atoms with Gasteiger partial charge in [0.25, 0.3) is 5.69 Å². The molecule has 0 aliphatic heterocycles. The maximum Gasteiger partial charge on any atom is 0.287 e. The van der Waals surface area contributed by atoms with Crippen molar-refractivity contribution in [2.75, 3.05) is 0 Å². The second-order valence-electron chi connectivity index (χ2n) is 3.27. The highest BCUT2D eigenvalue weighted by atomic mass is 16.6. The molecule has 0 spiro atoms. The molecule has 0 atom stereocenters. The summed E-state index contributed by atoms with van der Waals surface area (Å²) in [6.07, 6.45) is 1.20. The maximum atomic E-state index is 10.4. The van der Waals surface area contributed by atoms with E-state index in [4.69, 9.17) is 0 Å². The number of rotatable bonds is 1. The summed E-state index contributed by atoms with van der Waals surface area (Å²) in [5, 5.41) is 10.4. The molecule has 2 rings (SSSR count). The van der Waals surface area contributed by atoms with Crippen LogP contribution in [0.2, 0.25) is 0 Å². The Balaban J connectivity index is 2.20. The van der Waals surface area contributed by atoms with E-state index in [-0.39, 0.29) is 5.69 Å². The van der Waals surface area contributed by atoms with Crippen molar-refractivity contribution in [2.24, 2.45) is 0 Å². The zero-order chi connectivity index (χ0) is 12.1. The van der Waals surface area contributed by atoms with Gasteiger partial charge in [0.1, 0.15) is 11.9 Å². The summed E-state index contributed by atoms with van der Waals surface area (Å²) in [4.78, 5) is 13.8. The van der Waals surface area contributed by atoms with Crippen molar-refractivity contribution in [3.63, 3.8) is 0 Å². The highest BCUT2D eigenvalue weighted by Crippen LogP contribution is 2.08. The second kappa shape index (κ2) is 4.90. The fourth-order valence-electron chi connectivity index (χ4n) is 1.23. The monoisotopic (exact) mass is 224 g/mol. The number of pyridine rings is 1. The molecule has 0 saturated heterocycles. The van der Waals surface area contributed by atoms with Crippen LogP contribution in [0.3, 0.4) is 0 Å². The third kappa shape index (κ3) is 2.89. The first-order chi connectivity index (χ1) is 8.25. The predicted octanol–water partition coefficient (Wildman–Crippen LogP) is 2.39. The lowest BCUT2D eigenvalue weighted by Crippen LogP contribution is -1.89. The first-order valence-corrected chi connectivity index (χ1v) is 4.93. The Hall–Kier alpha value is -2.67. The third-order valence-electron chi connectivity index (χ3n) is 2.07. The number of benzene rings is 1. The van der Waals surface area contributed by atoms with Gasteiger partial charge in [-0.15, -0.1) is 0 Å². The van der Waals surface area contributed by atoms with Crippen molar-refractivity contribution in [1.82, 2.24) is 4.98 Å². The van der Waals surface area contributed by atoms with E-state index < -0.39 is 4.92 Å². The lowest BCUT2D eigenvalue weighted by molar-refractivity contribution is -0.385. The molecule has 0 aliphatic rings. The van der Waals surface area contributed by atoms with Gasteiger partial charge in [-0.05, 0) is 24.1 Å². The van der Waals surface area contributed by atoms with Crippen molar-refractivity contribution in [3.8, 4) is 11.8 Å². The fourth-order valence-corrected chi connectivity index (χ4v) is 1.23. The van der Waals surface area contributed by atoms with Crippen LogP contribution in [-0.4, -0.2) is 9.91 Å². The molecule has 1 aromatic carbocycles. The average molecular weight is 224 g/mol. The lowest BCUT2D eigenvalue weighted by Gasteiger charge is -1.90. The van der Waals surface area contributed by atoms with Gasteiger partial charge in [-0.2, -0.15) is 0 Å². The third-order valence-corrected chi connectivity index (χ3v) is 2.07. The first kappa shape index (κ1) is 10.8. The highest BCUT2D eigenvalue weighted by molar-refractivity contribution is 5.41. The van der Waals surface area contributed by atoms with Crippen LogP contribution in [-0.2, 0) is 0 Å². The number of nitrogens with zero attached hydrogens (tertiary/aromatic N) is 2. The standard InChI is InChI=1S/C13H8N2O2/c16-15(17)13-9-8-12(14-10-13)7-6-11-4-2-1-3-5-11/h1-5,8-10H. The molecule has 1 heterocycles. The summed E-state index contributed by atoms with van der Waals surface area (Å²) in [7, 11) is 0. The normalized spacial score (nSPS) is 9.18. The van der Waals surface area contributed by atoms with Crippen LogP contribution in [0.5, 0.6) is 0 Å². The van der Waals surface area contributed by atoms with Crippen LogP contribution in [0.15, 0.2) is 48.7 Å². The first-order valence-electron chi connectivity index (χ1n) is 4.93. The Morgan fingerprint density at radius 3 is 2.41 bits per heavy atom. The van der Waals surface area contributed by atoms with Crippen LogP contribution < -0.4 is 0 Å². The van der Waals surface area contributed by atoms with Crippen LogP contribution in [0, 0.1) is 22.0 Å². The minimum Gasteiger partial charge on any atom is -0.258 e. The Labute approximate surface area is 98.1 Å². The average Bonchev–Trinajstić information content (AvgIpc) is 2.38. The van der Waals surface area contributed by atoms with Gasteiger partial charge in [-0.3, -0.25) is 10.1 Å².